The van der Waals surface area contributed by atoms with Gasteiger partial charge in [-0.1, -0.05) is 0 Å². The number of aromatic nitrogens is 4. The second-order valence-corrected chi connectivity index (χ2v) is 6.59. The van der Waals surface area contributed by atoms with Crippen LogP contribution < -0.4 is 9.80 Å². The van der Waals surface area contributed by atoms with Gasteiger partial charge in [0.1, 0.15) is 0 Å². The summed E-state index contributed by atoms with van der Waals surface area (Å²) < 4.78 is 6.29. The van der Waals surface area contributed by atoms with Crippen molar-refractivity contribution in [3.63, 3.8) is 0 Å². The lowest BCUT2D eigenvalue weighted by atomic mass is 9.88. The minimum absolute atomic E-state index is 0.120. The first-order chi connectivity index (χ1) is 11.8. The number of nitrogens with zero attached hydrogens (tertiary/aromatic N) is 6. The van der Waals surface area contributed by atoms with Crippen LogP contribution in [0.15, 0.2) is 36.9 Å². The quantitative estimate of drug-likeness (QED) is 0.847. The first-order valence-corrected chi connectivity index (χ1v) is 8.42. The van der Waals surface area contributed by atoms with Crippen LogP contribution >= 0.6 is 0 Å². The largest absolute Gasteiger partial charge is 0.371 e. The van der Waals surface area contributed by atoms with Crippen LogP contribution in [0, 0.1) is 0 Å². The van der Waals surface area contributed by atoms with E-state index < -0.39 is 0 Å². The SMILES string of the molecule is CN(c1ncccn1)[C@@H]1CO[C@]2(CCCN(c3ncccn3)C2)C1. The van der Waals surface area contributed by atoms with Crippen molar-refractivity contribution >= 4 is 11.9 Å². The van der Waals surface area contributed by atoms with Crippen molar-refractivity contribution in [1.29, 1.82) is 0 Å². The molecule has 0 aromatic carbocycles. The Bertz CT molecular complexity index is 669. The molecule has 2 aliphatic heterocycles. The third-order valence-electron chi connectivity index (χ3n) is 4.98. The number of hydrogen-bond donors (Lipinski definition) is 0. The van der Waals surface area contributed by atoms with Crippen molar-refractivity contribution in [2.45, 2.75) is 30.9 Å². The molecule has 2 atom stereocenters. The first-order valence-electron chi connectivity index (χ1n) is 8.42. The molecule has 4 rings (SSSR count). The van der Waals surface area contributed by atoms with Crippen LogP contribution in [0.4, 0.5) is 11.9 Å². The number of likely N-dealkylation sites (N-methyl/N-ethyl adjacent to an activating group) is 1. The normalized spacial score (nSPS) is 26.7. The molecule has 0 aliphatic carbocycles. The van der Waals surface area contributed by atoms with Gasteiger partial charge in [0.05, 0.1) is 18.2 Å². The summed E-state index contributed by atoms with van der Waals surface area (Å²) in [7, 11) is 2.04. The smallest absolute Gasteiger partial charge is 0.225 e. The Labute approximate surface area is 141 Å². The average Bonchev–Trinajstić information content (AvgIpc) is 3.06. The van der Waals surface area contributed by atoms with Gasteiger partial charge in [-0.25, -0.2) is 19.9 Å². The van der Waals surface area contributed by atoms with Crippen LogP contribution in [-0.4, -0.2) is 58.3 Å². The Balaban J connectivity index is 1.47. The van der Waals surface area contributed by atoms with E-state index in [2.05, 4.69) is 29.7 Å². The van der Waals surface area contributed by atoms with Crippen molar-refractivity contribution in [1.82, 2.24) is 19.9 Å². The summed E-state index contributed by atoms with van der Waals surface area (Å²) in [5, 5.41) is 0. The first kappa shape index (κ1) is 15.3. The maximum atomic E-state index is 6.29. The third-order valence-corrected chi connectivity index (χ3v) is 4.98. The predicted octanol–water partition coefficient (Wildman–Crippen LogP) is 1.53. The van der Waals surface area contributed by atoms with E-state index in [4.69, 9.17) is 4.74 Å². The molecule has 0 radical (unpaired) electrons. The fourth-order valence-corrected chi connectivity index (χ4v) is 3.71. The van der Waals surface area contributed by atoms with E-state index >= 15 is 0 Å². The van der Waals surface area contributed by atoms with Crippen LogP contribution in [0.5, 0.6) is 0 Å². The van der Waals surface area contributed by atoms with Gasteiger partial charge in [-0.2, -0.15) is 0 Å². The van der Waals surface area contributed by atoms with Gasteiger partial charge in [0, 0.05) is 51.3 Å². The van der Waals surface area contributed by atoms with E-state index in [1.807, 2.05) is 19.2 Å². The maximum absolute atomic E-state index is 6.29. The van der Waals surface area contributed by atoms with Crippen LogP contribution in [0.25, 0.3) is 0 Å². The molecule has 24 heavy (non-hydrogen) atoms. The van der Waals surface area contributed by atoms with Gasteiger partial charge in [0.25, 0.3) is 0 Å². The second-order valence-electron chi connectivity index (χ2n) is 6.59. The molecular weight excluding hydrogens is 304 g/mol. The number of piperidine rings is 1. The predicted molar refractivity (Wildman–Crippen MR) is 91.0 cm³/mol. The summed E-state index contributed by atoms with van der Waals surface area (Å²) in [6, 6.07) is 3.98. The molecule has 0 saturated carbocycles. The number of rotatable bonds is 3. The lowest BCUT2D eigenvalue weighted by Crippen LogP contribution is -2.49. The lowest BCUT2D eigenvalue weighted by molar-refractivity contribution is -0.00679. The molecule has 7 nitrogen and oxygen atoms in total. The molecule has 2 saturated heterocycles. The molecule has 0 amide bonds. The minimum Gasteiger partial charge on any atom is -0.371 e. The summed E-state index contributed by atoms with van der Waals surface area (Å²) in [5.41, 5.74) is -0.120. The van der Waals surface area contributed by atoms with Crippen molar-refractivity contribution in [3.8, 4) is 0 Å². The van der Waals surface area contributed by atoms with Crippen molar-refractivity contribution in [2.75, 3.05) is 36.5 Å². The Morgan fingerprint density at radius 1 is 1.12 bits per heavy atom. The highest BCUT2D eigenvalue weighted by atomic mass is 16.5. The van der Waals surface area contributed by atoms with Gasteiger partial charge in [0.2, 0.25) is 11.9 Å². The van der Waals surface area contributed by atoms with Crippen LogP contribution in [0.2, 0.25) is 0 Å². The molecule has 2 aliphatic rings. The summed E-state index contributed by atoms with van der Waals surface area (Å²) in [6.07, 6.45) is 10.3. The summed E-state index contributed by atoms with van der Waals surface area (Å²) in [5.74, 6) is 1.55. The lowest BCUT2D eigenvalue weighted by Gasteiger charge is -2.39. The number of anilines is 2. The molecule has 1 spiro atoms. The molecule has 4 heterocycles. The topological polar surface area (TPSA) is 67.3 Å². The standard InChI is InChI=1S/C17H22N6O/c1-22(15-18-6-3-7-19-15)14-11-17(24-12-14)5-2-10-23(13-17)16-20-8-4-9-21-16/h3-4,6-9,14H,2,5,10-13H2,1H3/t14-,17+/m0/s1. The zero-order valence-electron chi connectivity index (χ0n) is 13.9. The van der Waals surface area contributed by atoms with Gasteiger partial charge in [-0.15, -0.1) is 0 Å². The number of ether oxygens (including phenoxy) is 1. The minimum atomic E-state index is -0.120. The van der Waals surface area contributed by atoms with E-state index in [1.165, 1.54) is 0 Å². The molecule has 126 valence electrons. The number of hydrogen-bond acceptors (Lipinski definition) is 7. The van der Waals surface area contributed by atoms with E-state index in [0.717, 1.165) is 44.2 Å². The highest BCUT2D eigenvalue weighted by molar-refractivity contribution is 5.33. The summed E-state index contributed by atoms with van der Waals surface area (Å²) in [6.45, 7) is 2.53. The molecule has 2 aromatic heterocycles. The molecule has 0 bridgehead atoms. The van der Waals surface area contributed by atoms with Crippen LogP contribution in [-0.2, 0) is 4.74 Å². The Morgan fingerprint density at radius 3 is 2.58 bits per heavy atom. The monoisotopic (exact) mass is 326 g/mol. The molecule has 2 fully saturated rings. The van der Waals surface area contributed by atoms with Crippen molar-refractivity contribution < 1.29 is 4.74 Å². The molecule has 7 heteroatoms. The third kappa shape index (κ3) is 2.91. The summed E-state index contributed by atoms with van der Waals surface area (Å²) >= 11 is 0. The van der Waals surface area contributed by atoms with Gasteiger partial charge in [-0.3, -0.25) is 0 Å². The molecular formula is C17H22N6O. The van der Waals surface area contributed by atoms with Gasteiger partial charge in [-0.05, 0) is 25.0 Å². The average molecular weight is 326 g/mol. The van der Waals surface area contributed by atoms with E-state index in [1.54, 1.807) is 24.8 Å². The van der Waals surface area contributed by atoms with E-state index in [9.17, 15) is 0 Å². The second kappa shape index (κ2) is 6.32. The zero-order chi connectivity index (χ0) is 16.4. The molecule has 0 N–H and O–H groups in total. The van der Waals surface area contributed by atoms with Crippen molar-refractivity contribution in [3.05, 3.63) is 36.9 Å². The van der Waals surface area contributed by atoms with Crippen LogP contribution in [0.3, 0.4) is 0 Å². The molecule has 0 unspecified atom stereocenters. The Morgan fingerprint density at radius 2 is 1.83 bits per heavy atom. The molecule has 2 aromatic rings. The fourth-order valence-electron chi connectivity index (χ4n) is 3.71. The summed E-state index contributed by atoms with van der Waals surface area (Å²) in [4.78, 5) is 21.8. The van der Waals surface area contributed by atoms with E-state index in [-0.39, 0.29) is 5.60 Å². The Hall–Kier alpha value is -2.28. The Kier molecular flexibility index (Phi) is 4.02. The zero-order valence-corrected chi connectivity index (χ0v) is 13.9. The maximum Gasteiger partial charge on any atom is 0.225 e. The fraction of sp³-hybridized carbons (Fsp3) is 0.529. The highest BCUT2D eigenvalue weighted by Crippen LogP contribution is 2.37. The highest BCUT2D eigenvalue weighted by Gasteiger charge is 2.45. The van der Waals surface area contributed by atoms with Crippen LogP contribution in [0.1, 0.15) is 19.3 Å². The van der Waals surface area contributed by atoms with Crippen molar-refractivity contribution in [2.24, 2.45) is 0 Å². The van der Waals surface area contributed by atoms with Gasteiger partial charge >= 0.3 is 0 Å². The van der Waals surface area contributed by atoms with Gasteiger partial charge in [0.15, 0.2) is 0 Å². The van der Waals surface area contributed by atoms with E-state index in [0.29, 0.717) is 12.6 Å². The van der Waals surface area contributed by atoms with Gasteiger partial charge < -0.3 is 14.5 Å².